The zero-order valence-electron chi connectivity index (χ0n) is 30.7. The number of carbonyl (C=O) groups excluding carboxylic acids is 1. The lowest BCUT2D eigenvalue weighted by molar-refractivity contribution is 0.00537. The van der Waals surface area contributed by atoms with E-state index in [1.165, 1.54) is 7.11 Å². The summed E-state index contributed by atoms with van der Waals surface area (Å²) >= 11 is 6.78. The molecule has 4 fully saturated rings. The molecule has 12 nitrogen and oxygen atoms in total. The molecule has 2 aromatic heterocycles. The van der Waals surface area contributed by atoms with Crippen molar-refractivity contribution in [3.8, 4) is 28.9 Å². The van der Waals surface area contributed by atoms with Crippen molar-refractivity contribution in [3.05, 3.63) is 41.2 Å². The van der Waals surface area contributed by atoms with Gasteiger partial charge in [0.25, 0.3) is 0 Å². The number of hydrogen-bond acceptors (Lipinski definition) is 11. The third-order valence-electron chi connectivity index (χ3n) is 11.5. The second-order valence-electron chi connectivity index (χ2n) is 16.1. The Labute approximate surface area is 316 Å². The number of pyridine rings is 1. The number of nitrogens with zero attached hydrogens (tertiary/aromatic N) is 6. The zero-order chi connectivity index (χ0) is 37.5. The number of aromatic nitrogens is 3. The maximum Gasteiger partial charge on any atom is 0.410 e. The Bertz CT molecular complexity index is 2160. The number of halogens is 3. The highest BCUT2D eigenvalue weighted by atomic mass is 35.5. The smallest absolute Gasteiger partial charge is 0.410 e. The van der Waals surface area contributed by atoms with Crippen LogP contribution in [-0.4, -0.2) is 113 Å². The Balaban J connectivity index is 1.19. The number of benzene rings is 2. The molecular weight excluding hydrogens is 722 g/mol. The van der Waals surface area contributed by atoms with Crippen molar-refractivity contribution in [3.63, 3.8) is 0 Å². The van der Waals surface area contributed by atoms with E-state index in [0.717, 1.165) is 32.2 Å². The average Bonchev–Trinajstić information content (AvgIpc) is 3.73. The molecule has 9 rings (SSSR count). The van der Waals surface area contributed by atoms with Crippen molar-refractivity contribution in [1.82, 2.24) is 24.8 Å². The van der Waals surface area contributed by atoms with E-state index in [9.17, 15) is 9.18 Å². The molecule has 0 N–H and O–H groups in total. The molecule has 5 aliphatic rings. The number of carbonyl (C=O) groups is 1. The second kappa shape index (κ2) is 13.2. The van der Waals surface area contributed by atoms with Crippen LogP contribution in [0.4, 0.5) is 19.4 Å². The van der Waals surface area contributed by atoms with Gasteiger partial charge >= 0.3 is 12.1 Å². The molecule has 0 spiro atoms. The van der Waals surface area contributed by atoms with Gasteiger partial charge in [-0.15, -0.1) is 0 Å². The van der Waals surface area contributed by atoms with Gasteiger partial charge in [-0.1, -0.05) is 23.7 Å². The SMILES string of the molecule is COCOc1cc(-c2nc3c4c(nc(OC[C@@]56CCCN5C[C@H](F)C6)nc4c2F)N2C[C@H]4CC[C@@H]([C@H]2CO3)N4C(=O)OC(C)(C)C)c2c(Cl)cccc2c1. The molecule has 7 heterocycles. The maximum atomic E-state index is 17.4. The molecule has 286 valence electrons. The van der Waals surface area contributed by atoms with E-state index < -0.39 is 23.1 Å². The Hall–Kier alpha value is -4.27. The summed E-state index contributed by atoms with van der Waals surface area (Å²) in [7, 11) is 1.52. The van der Waals surface area contributed by atoms with Crippen LogP contribution in [0.5, 0.6) is 17.6 Å². The fraction of sp³-hybridized carbons (Fsp3) is 0.538. The molecule has 15 heteroatoms. The Kier molecular flexibility index (Phi) is 8.66. The first-order valence-electron chi connectivity index (χ1n) is 18.6. The predicted octanol–water partition coefficient (Wildman–Crippen LogP) is 6.92. The van der Waals surface area contributed by atoms with Crippen molar-refractivity contribution in [2.24, 2.45) is 0 Å². The molecule has 54 heavy (non-hydrogen) atoms. The number of amides is 1. The van der Waals surface area contributed by atoms with Crippen molar-refractivity contribution < 1.29 is 37.3 Å². The summed E-state index contributed by atoms with van der Waals surface area (Å²) in [4.78, 5) is 34.2. The molecule has 0 aliphatic carbocycles. The van der Waals surface area contributed by atoms with Gasteiger partial charge in [0, 0.05) is 42.6 Å². The van der Waals surface area contributed by atoms with Crippen LogP contribution in [-0.2, 0) is 9.47 Å². The molecule has 2 aromatic carbocycles. The van der Waals surface area contributed by atoms with Crippen LogP contribution < -0.4 is 19.1 Å². The Morgan fingerprint density at radius 3 is 2.76 bits per heavy atom. The van der Waals surface area contributed by atoms with Gasteiger partial charge in [0.1, 0.15) is 53.2 Å². The summed E-state index contributed by atoms with van der Waals surface area (Å²) in [6, 6.07) is 8.10. The highest BCUT2D eigenvalue weighted by Gasteiger charge is 2.52. The standard InChI is InChI=1S/C39H43ClF2N6O6/c1-38(2,3)54-37(49)48-23-9-10-27(48)28-18-51-35-30-33(31(42)32(43-35)25-14-24(53-20-50-4)13-21-7-5-8-26(40)29(21)25)44-36(45-34(30)47(28)17-23)52-19-39-11-6-12-46(39)16-22(41)15-39/h5,7-8,13-14,22-23,27-28H,6,9-12,15-20H2,1-4H3/t22-,23-,27+,28-,39+/m1/s1. The summed E-state index contributed by atoms with van der Waals surface area (Å²) < 4.78 is 61.9. The second-order valence-corrected chi connectivity index (χ2v) is 16.5. The van der Waals surface area contributed by atoms with Gasteiger partial charge in [-0.05, 0) is 76.6 Å². The lowest BCUT2D eigenvalue weighted by Gasteiger charge is -2.46. The van der Waals surface area contributed by atoms with E-state index >= 15 is 4.39 Å². The van der Waals surface area contributed by atoms with E-state index in [-0.39, 0.29) is 67.3 Å². The topological polar surface area (TPSA) is 112 Å². The molecule has 2 bridgehead atoms. The average molecular weight is 765 g/mol. The fourth-order valence-corrected chi connectivity index (χ4v) is 9.59. The van der Waals surface area contributed by atoms with E-state index in [1.54, 1.807) is 18.2 Å². The van der Waals surface area contributed by atoms with Crippen LogP contribution in [0.25, 0.3) is 32.9 Å². The van der Waals surface area contributed by atoms with Crippen LogP contribution in [0.1, 0.15) is 52.9 Å². The number of piperazine rings is 1. The molecule has 1 amide bonds. The molecule has 0 radical (unpaired) electrons. The van der Waals surface area contributed by atoms with Gasteiger partial charge in [-0.25, -0.2) is 18.6 Å². The van der Waals surface area contributed by atoms with Gasteiger partial charge in [-0.2, -0.15) is 9.97 Å². The lowest BCUT2D eigenvalue weighted by Crippen LogP contribution is -2.63. The summed E-state index contributed by atoms with van der Waals surface area (Å²) in [5, 5.41) is 2.00. The van der Waals surface area contributed by atoms with Crippen molar-refractivity contribution in [2.75, 3.05) is 51.7 Å². The number of anilines is 1. The number of rotatable bonds is 7. The summed E-state index contributed by atoms with van der Waals surface area (Å²) in [5.41, 5.74) is -0.828. The quantitative estimate of drug-likeness (QED) is 0.183. The van der Waals surface area contributed by atoms with Gasteiger partial charge in [0.2, 0.25) is 5.88 Å². The van der Waals surface area contributed by atoms with E-state index in [2.05, 4.69) is 9.80 Å². The Morgan fingerprint density at radius 1 is 1.09 bits per heavy atom. The summed E-state index contributed by atoms with van der Waals surface area (Å²) in [6.45, 7) is 7.43. The van der Waals surface area contributed by atoms with Crippen LogP contribution in [0, 0.1) is 5.82 Å². The van der Waals surface area contributed by atoms with Gasteiger partial charge < -0.3 is 28.6 Å². The third-order valence-corrected chi connectivity index (χ3v) is 11.8. The van der Waals surface area contributed by atoms with Crippen molar-refractivity contribution >= 4 is 45.2 Å². The minimum atomic E-state index is -0.940. The highest BCUT2D eigenvalue weighted by Crippen LogP contribution is 2.47. The zero-order valence-corrected chi connectivity index (χ0v) is 31.5. The fourth-order valence-electron chi connectivity index (χ4n) is 9.31. The lowest BCUT2D eigenvalue weighted by atomic mass is 9.95. The normalized spacial score (nSPS) is 26.1. The van der Waals surface area contributed by atoms with Gasteiger partial charge in [0.05, 0.1) is 23.7 Å². The number of ether oxygens (including phenoxy) is 5. The van der Waals surface area contributed by atoms with Crippen molar-refractivity contribution in [1.29, 1.82) is 0 Å². The minimum absolute atomic E-state index is 0.0213. The van der Waals surface area contributed by atoms with Crippen LogP contribution >= 0.6 is 11.6 Å². The highest BCUT2D eigenvalue weighted by molar-refractivity contribution is 6.36. The maximum absolute atomic E-state index is 17.4. The molecule has 0 saturated carbocycles. The van der Waals surface area contributed by atoms with E-state index in [4.69, 9.17) is 50.2 Å². The van der Waals surface area contributed by atoms with E-state index in [0.29, 0.717) is 57.8 Å². The first kappa shape index (κ1) is 35.4. The Morgan fingerprint density at radius 2 is 1.94 bits per heavy atom. The van der Waals surface area contributed by atoms with Gasteiger partial charge in [-0.3, -0.25) is 9.80 Å². The first-order valence-corrected chi connectivity index (χ1v) is 19.0. The third kappa shape index (κ3) is 5.92. The molecule has 4 saturated heterocycles. The minimum Gasteiger partial charge on any atom is -0.475 e. The number of hydrogen-bond donors (Lipinski definition) is 0. The number of fused-ring (bicyclic) bond motifs is 7. The van der Waals surface area contributed by atoms with Crippen LogP contribution in [0.15, 0.2) is 30.3 Å². The number of methoxy groups -OCH3 is 1. The van der Waals surface area contributed by atoms with Gasteiger partial charge in [0.15, 0.2) is 12.6 Å². The molecular formula is C39H43ClF2N6O6. The predicted molar refractivity (Wildman–Crippen MR) is 198 cm³/mol. The molecule has 5 atom stereocenters. The first-order chi connectivity index (χ1) is 25.9. The largest absolute Gasteiger partial charge is 0.475 e. The summed E-state index contributed by atoms with van der Waals surface area (Å²) in [6.07, 6.45) is 2.29. The molecule has 0 unspecified atom stereocenters. The number of alkyl halides is 1. The molecule has 5 aliphatic heterocycles. The van der Waals surface area contributed by atoms with E-state index in [1.807, 2.05) is 37.8 Å². The summed E-state index contributed by atoms with van der Waals surface area (Å²) in [5.74, 6) is 0.287. The van der Waals surface area contributed by atoms with Crippen molar-refractivity contribution in [2.45, 2.75) is 88.3 Å². The van der Waals surface area contributed by atoms with Crippen LogP contribution in [0.3, 0.4) is 0 Å². The molecule has 4 aromatic rings. The van der Waals surface area contributed by atoms with Crippen LogP contribution in [0.2, 0.25) is 5.02 Å². The monoisotopic (exact) mass is 764 g/mol.